The second kappa shape index (κ2) is 13.2. The Bertz CT molecular complexity index is 829. The molecule has 33 heavy (non-hydrogen) atoms. The molecule has 3 amide bonds. The lowest BCUT2D eigenvalue weighted by Gasteiger charge is -2.27. The number of carbonyl (C=O) groups excluding carboxylic acids is 3. The van der Waals surface area contributed by atoms with Gasteiger partial charge in [0.1, 0.15) is 18.1 Å². The number of aromatic amines is 1. The van der Waals surface area contributed by atoms with Crippen LogP contribution in [0.15, 0.2) is 12.5 Å². The Morgan fingerprint density at radius 1 is 1.06 bits per heavy atom. The van der Waals surface area contributed by atoms with Crippen LogP contribution in [-0.2, 0) is 30.4 Å². The summed E-state index contributed by atoms with van der Waals surface area (Å²) < 4.78 is 0. The molecule has 5 atom stereocenters. The monoisotopic (exact) mass is 468 g/mol. The maximum Gasteiger partial charge on any atom is 0.326 e. The van der Waals surface area contributed by atoms with E-state index in [2.05, 4.69) is 25.9 Å². The Labute approximate surface area is 190 Å². The van der Waals surface area contributed by atoms with Crippen molar-refractivity contribution in [1.29, 1.82) is 0 Å². The summed E-state index contributed by atoms with van der Waals surface area (Å²) in [4.78, 5) is 66.3. The van der Waals surface area contributed by atoms with Gasteiger partial charge in [0, 0.05) is 24.7 Å². The van der Waals surface area contributed by atoms with E-state index in [1.807, 2.05) is 6.92 Å². The van der Waals surface area contributed by atoms with Crippen LogP contribution in [0.4, 0.5) is 0 Å². The lowest BCUT2D eigenvalue weighted by molar-refractivity contribution is -0.142. The number of amides is 3. The van der Waals surface area contributed by atoms with Gasteiger partial charge in [0.05, 0.1) is 12.4 Å². The summed E-state index contributed by atoms with van der Waals surface area (Å²) in [7, 11) is 0. The van der Waals surface area contributed by atoms with Crippen LogP contribution < -0.4 is 21.7 Å². The Morgan fingerprint density at radius 3 is 2.24 bits per heavy atom. The van der Waals surface area contributed by atoms with Crippen LogP contribution in [-0.4, -0.2) is 74.0 Å². The summed E-state index contributed by atoms with van der Waals surface area (Å²) in [6, 6.07) is -4.46. The van der Waals surface area contributed by atoms with E-state index in [1.165, 1.54) is 19.4 Å². The Kier molecular flexibility index (Phi) is 11.0. The van der Waals surface area contributed by atoms with E-state index in [0.29, 0.717) is 12.1 Å². The average Bonchev–Trinajstić information content (AvgIpc) is 3.27. The highest BCUT2D eigenvalue weighted by Crippen LogP contribution is 2.10. The first-order valence-electron chi connectivity index (χ1n) is 10.5. The van der Waals surface area contributed by atoms with Crippen molar-refractivity contribution in [3.8, 4) is 0 Å². The zero-order valence-corrected chi connectivity index (χ0v) is 18.8. The number of carboxylic acids is 2. The Morgan fingerprint density at radius 2 is 1.73 bits per heavy atom. The highest BCUT2D eigenvalue weighted by molar-refractivity contribution is 5.94. The number of carbonyl (C=O) groups is 5. The molecule has 8 N–H and O–H groups in total. The van der Waals surface area contributed by atoms with E-state index in [-0.39, 0.29) is 25.2 Å². The molecular formula is C20H32N6O7. The van der Waals surface area contributed by atoms with E-state index < -0.39 is 53.8 Å². The number of rotatable bonds is 14. The minimum atomic E-state index is -1.25. The third-order valence-corrected chi connectivity index (χ3v) is 5.14. The number of H-pyrrole nitrogens is 1. The number of nitrogens with zero attached hydrogens (tertiary/aromatic N) is 1. The predicted molar refractivity (Wildman–Crippen MR) is 116 cm³/mol. The first-order chi connectivity index (χ1) is 15.5. The molecule has 184 valence electrons. The molecule has 0 bridgehead atoms. The normalized spacial score (nSPS) is 15.4. The number of carboxylic acid groups (broad SMARTS) is 2. The van der Waals surface area contributed by atoms with E-state index in [0.717, 1.165) is 0 Å². The number of hydrogen-bond acceptors (Lipinski definition) is 7. The van der Waals surface area contributed by atoms with Crippen molar-refractivity contribution in [2.45, 2.75) is 70.6 Å². The Balaban J connectivity index is 2.79. The smallest absolute Gasteiger partial charge is 0.326 e. The maximum atomic E-state index is 12.8. The third kappa shape index (κ3) is 9.27. The quantitative estimate of drug-likeness (QED) is 0.173. The van der Waals surface area contributed by atoms with Crippen LogP contribution in [0.5, 0.6) is 0 Å². The molecule has 5 unspecified atom stereocenters. The molecule has 0 aliphatic rings. The standard InChI is InChI=1S/C20H32N6O7/c1-4-10(2)16(19(31)25-14(20(32)33)7-12-8-22-9-23-12)26-17(29)11(3)24-18(30)13(21)5-6-15(27)28/h8-11,13-14,16H,4-7,21H2,1-3H3,(H,22,23)(H,24,30)(H,25,31)(H,26,29)(H,27,28)(H,32,33). The van der Waals surface area contributed by atoms with Gasteiger partial charge in [-0.05, 0) is 19.3 Å². The summed E-state index contributed by atoms with van der Waals surface area (Å²) >= 11 is 0. The maximum absolute atomic E-state index is 12.8. The topological polar surface area (TPSA) is 217 Å². The van der Waals surface area contributed by atoms with Gasteiger partial charge in [0.15, 0.2) is 0 Å². The van der Waals surface area contributed by atoms with Crippen LogP contribution in [0.1, 0.15) is 45.7 Å². The average molecular weight is 469 g/mol. The minimum absolute atomic E-state index is 0.0249. The number of aromatic nitrogens is 2. The molecule has 0 radical (unpaired) electrons. The van der Waals surface area contributed by atoms with E-state index in [1.54, 1.807) is 6.92 Å². The fraction of sp³-hybridized carbons (Fsp3) is 0.600. The van der Waals surface area contributed by atoms with Crippen LogP contribution in [0.2, 0.25) is 0 Å². The molecule has 0 saturated heterocycles. The second-order valence-corrected chi connectivity index (χ2v) is 7.82. The van der Waals surface area contributed by atoms with Crippen LogP contribution in [0, 0.1) is 5.92 Å². The van der Waals surface area contributed by atoms with Gasteiger partial charge in [0.25, 0.3) is 0 Å². The lowest BCUT2D eigenvalue weighted by atomic mass is 9.97. The second-order valence-electron chi connectivity index (χ2n) is 7.82. The fourth-order valence-electron chi connectivity index (χ4n) is 2.85. The van der Waals surface area contributed by atoms with E-state index in [9.17, 15) is 29.1 Å². The number of imidazole rings is 1. The molecule has 13 nitrogen and oxygen atoms in total. The van der Waals surface area contributed by atoms with Crippen molar-refractivity contribution in [2.75, 3.05) is 0 Å². The van der Waals surface area contributed by atoms with Crippen LogP contribution in [0.25, 0.3) is 0 Å². The molecule has 0 aromatic carbocycles. The lowest BCUT2D eigenvalue weighted by Crippen LogP contribution is -2.58. The van der Waals surface area contributed by atoms with Gasteiger partial charge in [-0.2, -0.15) is 0 Å². The van der Waals surface area contributed by atoms with Gasteiger partial charge < -0.3 is 36.9 Å². The summed E-state index contributed by atoms with van der Waals surface area (Å²) in [5.41, 5.74) is 6.15. The molecule has 0 saturated carbocycles. The Hall–Kier alpha value is -3.48. The summed E-state index contributed by atoms with van der Waals surface area (Å²) in [6.07, 6.45) is 2.93. The molecule has 1 aromatic heterocycles. The van der Waals surface area contributed by atoms with Crippen molar-refractivity contribution in [3.05, 3.63) is 18.2 Å². The van der Waals surface area contributed by atoms with Gasteiger partial charge in [-0.3, -0.25) is 19.2 Å². The van der Waals surface area contributed by atoms with Crippen molar-refractivity contribution in [3.63, 3.8) is 0 Å². The summed E-state index contributed by atoms with van der Waals surface area (Å²) in [5.74, 6) is -4.73. The molecule has 0 aliphatic carbocycles. The van der Waals surface area contributed by atoms with Gasteiger partial charge >= 0.3 is 11.9 Å². The predicted octanol–water partition coefficient (Wildman–Crippen LogP) is -1.25. The third-order valence-electron chi connectivity index (χ3n) is 5.14. The van der Waals surface area contributed by atoms with Crippen molar-refractivity contribution in [2.24, 2.45) is 11.7 Å². The molecule has 1 aromatic rings. The summed E-state index contributed by atoms with van der Waals surface area (Å²) in [5, 5.41) is 25.5. The minimum Gasteiger partial charge on any atom is -0.481 e. The largest absolute Gasteiger partial charge is 0.481 e. The molecule has 0 spiro atoms. The van der Waals surface area contributed by atoms with Crippen LogP contribution in [0.3, 0.4) is 0 Å². The number of hydrogen-bond donors (Lipinski definition) is 7. The van der Waals surface area contributed by atoms with Gasteiger partial charge in [-0.25, -0.2) is 9.78 Å². The molecular weight excluding hydrogens is 436 g/mol. The molecule has 0 fully saturated rings. The SMILES string of the molecule is CCC(C)C(NC(=O)C(C)NC(=O)C(N)CCC(=O)O)C(=O)NC(Cc1cnc[nH]1)C(=O)O. The highest BCUT2D eigenvalue weighted by Gasteiger charge is 2.31. The summed E-state index contributed by atoms with van der Waals surface area (Å²) in [6.45, 7) is 4.92. The van der Waals surface area contributed by atoms with Crippen molar-refractivity contribution < 1.29 is 34.2 Å². The van der Waals surface area contributed by atoms with Gasteiger partial charge in [-0.15, -0.1) is 0 Å². The first kappa shape index (κ1) is 27.6. The van der Waals surface area contributed by atoms with Gasteiger partial charge in [-0.1, -0.05) is 20.3 Å². The van der Waals surface area contributed by atoms with Crippen LogP contribution >= 0.6 is 0 Å². The van der Waals surface area contributed by atoms with E-state index >= 15 is 0 Å². The van der Waals surface area contributed by atoms with Crippen molar-refractivity contribution in [1.82, 2.24) is 25.9 Å². The molecule has 0 aliphatic heterocycles. The van der Waals surface area contributed by atoms with E-state index in [4.69, 9.17) is 10.8 Å². The van der Waals surface area contributed by atoms with Gasteiger partial charge in [0.2, 0.25) is 17.7 Å². The number of nitrogens with two attached hydrogens (primary N) is 1. The number of aliphatic carboxylic acids is 2. The highest BCUT2D eigenvalue weighted by atomic mass is 16.4. The molecule has 13 heteroatoms. The zero-order valence-electron chi connectivity index (χ0n) is 18.8. The molecule has 1 rings (SSSR count). The zero-order chi connectivity index (χ0) is 25.1. The molecule has 1 heterocycles. The number of nitrogens with one attached hydrogen (secondary N) is 4. The first-order valence-corrected chi connectivity index (χ1v) is 10.5. The fourth-order valence-corrected chi connectivity index (χ4v) is 2.85. The van der Waals surface area contributed by atoms with Crippen molar-refractivity contribution >= 4 is 29.7 Å².